The van der Waals surface area contributed by atoms with Gasteiger partial charge in [-0.2, -0.15) is 0 Å². The summed E-state index contributed by atoms with van der Waals surface area (Å²) in [5.41, 5.74) is 0.577. The molecule has 0 aromatic heterocycles. The number of rotatable bonds is 2. The standard InChI is InChI=1S/C17H23FN2O/c1-11-6-5-7-13(10-11)20-16(19-12(2)17(20)21)14-8-3-4-9-15(14)18/h3-4,8-9,11-13,16,19H,5-7,10H2,1-2H3. The lowest BCUT2D eigenvalue weighted by Crippen LogP contribution is -2.42. The molecule has 3 rings (SSSR count). The van der Waals surface area contributed by atoms with Crippen LogP contribution in [0.2, 0.25) is 0 Å². The summed E-state index contributed by atoms with van der Waals surface area (Å²) in [6, 6.07) is 6.74. The van der Waals surface area contributed by atoms with E-state index >= 15 is 0 Å². The molecule has 1 aromatic carbocycles. The van der Waals surface area contributed by atoms with Crippen LogP contribution in [0.15, 0.2) is 24.3 Å². The Kier molecular flexibility index (Phi) is 3.98. The minimum atomic E-state index is -0.330. The molecule has 1 aliphatic carbocycles. The molecule has 1 aromatic rings. The quantitative estimate of drug-likeness (QED) is 0.907. The summed E-state index contributed by atoms with van der Waals surface area (Å²) in [5.74, 6) is 0.488. The monoisotopic (exact) mass is 290 g/mol. The SMILES string of the molecule is CC1CCCC(N2C(=O)C(C)NC2c2ccccc2F)C1. The summed E-state index contributed by atoms with van der Waals surface area (Å²) in [6.45, 7) is 4.10. The topological polar surface area (TPSA) is 32.3 Å². The summed E-state index contributed by atoms with van der Waals surface area (Å²) < 4.78 is 14.1. The van der Waals surface area contributed by atoms with Crippen LogP contribution in [0, 0.1) is 11.7 Å². The van der Waals surface area contributed by atoms with E-state index in [0.717, 1.165) is 19.3 Å². The molecule has 4 atom stereocenters. The van der Waals surface area contributed by atoms with E-state index in [-0.39, 0.29) is 30.0 Å². The van der Waals surface area contributed by atoms with E-state index < -0.39 is 0 Å². The molecule has 0 spiro atoms. The lowest BCUT2D eigenvalue weighted by atomic mass is 9.86. The number of nitrogens with zero attached hydrogens (tertiary/aromatic N) is 1. The molecule has 1 saturated heterocycles. The molecule has 4 heteroatoms. The van der Waals surface area contributed by atoms with Crippen molar-refractivity contribution in [2.75, 3.05) is 0 Å². The molecule has 2 aliphatic rings. The second kappa shape index (κ2) is 5.76. The second-order valence-corrected chi connectivity index (χ2v) is 6.48. The number of carbonyl (C=O) groups is 1. The molecular weight excluding hydrogens is 267 g/mol. The fourth-order valence-electron chi connectivity index (χ4n) is 3.72. The van der Waals surface area contributed by atoms with Crippen LogP contribution in [0.4, 0.5) is 4.39 Å². The highest BCUT2D eigenvalue weighted by Gasteiger charge is 2.42. The number of hydrogen-bond donors (Lipinski definition) is 1. The average molecular weight is 290 g/mol. The molecule has 0 radical (unpaired) electrons. The number of amides is 1. The van der Waals surface area contributed by atoms with E-state index in [1.165, 1.54) is 12.5 Å². The molecule has 1 saturated carbocycles. The van der Waals surface area contributed by atoms with E-state index in [4.69, 9.17) is 0 Å². The summed E-state index contributed by atoms with van der Waals surface area (Å²) in [4.78, 5) is 14.4. The van der Waals surface area contributed by atoms with Crippen molar-refractivity contribution < 1.29 is 9.18 Å². The second-order valence-electron chi connectivity index (χ2n) is 6.48. The maximum absolute atomic E-state index is 14.1. The van der Waals surface area contributed by atoms with Crippen molar-refractivity contribution in [3.63, 3.8) is 0 Å². The van der Waals surface area contributed by atoms with Gasteiger partial charge in [-0.15, -0.1) is 0 Å². The molecule has 114 valence electrons. The molecular formula is C17H23FN2O. The van der Waals surface area contributed by atoms with Gasteiger partial charge in [-0.25, -0.2) is 4.39 Å². The molecule has 21 heavy (non-hydrogen) atoms. The minimum absolute atomic E-state index is 0.0994. The van der Waals surface area contributed by atoms with E-state index in [1.807, 2.05) is 17.9 Å². The maximum Gasteiger partial charge on any atom is 0.241 e. The van der Waals surface area contributed by atoms with Crippen LogP contribution in [-0.4, -0.2) is 22.9 Å². The summed E-state index contributed by atoms with van der Waals surface area (Å²) in [7, 11) is 0. The number of benzene rings is 1. The van der Waals surface area contributed by atoms with Gasteiger partial charge in [-0.1, -0.05) is 38.0 Å². The lowest BCUT2D eigenvalue weighted by Gasteiger charge is -2.37. The fraction of sp³-hybridized carbons (Fsp3) is 0.588. The third kappa shape index (κ3) is 2.69. The predicted octanol–water partition coefficient (Wildman–Crippen LogP) is 3.22. The van der Waals surface area contributed by atoms with Gasteiger partial charge in [0, 0.05) is 11.6 Å². The minimum Gasteiger partial charge on any atom is -0.318 e. The van der Waals surface area contributed by atoms with Crippen molar-refractivity contribution in [3.8, 4) is 0 Å². The molecule has 4 unspecified atom stereocenters. The van der Waals surface area contributed by atoms with Crippen LogP contribution >= 0.6 is 0 Å². The fourth-order valence-corrected chi connectivity index (χ4v) is 3.72. The summed E-state index contributed by atoms with van der Waals surface area (Å²) in [6.07, 6.45) is 4.09. The van der Waals surface area contributed by atoms with Crippen LogP contribution in [0.3, 0.4) is 0 Å². The Morgan fingerprint density at radius 3 is 2.71 bits per heavy atom. The predicted molar refractivity (Wildman–Crippen MR) is 80.0 cm³/mol. The largest absolute Gasteiger partial charge is 0.318 e. The van der Waals surface area contributed by atoms with Crippen molar-refractivity contribution in [3.05, 3.63) is 35.6 Å². The number of halogens is 1. The van der Waals surface area contributed by atoms with Gasteiger partial charge in [0.1, 0.15) is 12.0 Å². The third-order valence-corrected chi connectivity index (χ3v) is 4.81. The smallest absolute Gasteiger partial charge is 0.241 e. The Bertz CT molecular complexity index is 533. The van der Waals surface area contributed by atoms with Gasteiger partial charge in [0.25, 0.3) is 0 Å². The number of nitrogens with one attached hydrogen (secondary N) is 1. The number of hydrogen-bond acceptors (Lipinski definition) is 2. The van der Waals surface area contributed by atoms with E-state index in [2.05, 4.69) is 12.2 Å². The Labute approximate surface area is 125 Å². The Hall–Kier alpha value is -1.42. The van der Waals surface area contributed by atoms with Crippen LogP contribution in [0.5, 0.6) is 0 Å². The van der Waals surface area contributed by atoms with Crippen molar-refractivity contribution in [1.29, 1.82) is 0 Å². The molecule has 1 aliphatic heterocycles. The Balaban J connectivity index is 1.91. The molecule has 0 bridgehead atoms. The first kappa shape index (κ1) is 14.5. The summed E-state index contributed by atoms with van der Waals surface area (Å²) in [5, 5.41) is 3.26. The lowest BCUT2D eigenvalue weighted by molar-refractivity contribution is -0.133. The zero-order valence-electron chi connectivity index (χ0n) is 12.7. The van der Waals surface area contributed by atoms with E-state index in [0.29, 0.717) is 11.5 Å². The van der Waals surface area contributed by atoms with Gasteiger partial charge in [-0.3, -0.25) is 10.1 Å². The van der Waals surface area contributed by atoms with Gasteiger partial charge < -0.3 is 4.90 Å². The zero-order valence-corrected chi connectivity index (χ0v) is 12.7. The average Bonchev–Trinajstić information content (AvgIpc) is 2.75. The first-order valence-electron chi connectivity index (χ1n) is 7.90. The highest BCUT2D eigenvalue weighted by atomic mass is 19.1. The molecule has 1 N–H and O–H groups in total. The Morgan fingerprint density at radius 2 is 2.00 bits per heavy atom. The molecule has 1 heterocycles. The highest BCUT2D eigenvalue weighted by molar-refractivity contribution is 5.84. The van der Waals surface area contributed by atoms with Gasteiger partial charge in [-0.05, 0) is 31.7 Å². The van der Waals surface area contributed by atoms with E-state index in [9.17, 15) is 9.18 Å². The van der Waals surface area contributed by atoms with Gasteiger partial charge in [0.15, 0.2) is 0 Å². The molecule has 1 amide bonds. The van der Waals surface area contributed by atoms with Crippen LogP contribution in [-0.2, 0) is 4.79 Å². The van der Waals surface area contributed by atoms with Crippen molar-refractivity contribution >= 4 is 5.91 Å². The van der Waals surface area contributed by atoms with Crippen LogP contribution in [0.1, 0.15) is 51.3 Å². The maximum atomic E-state index is 14.1. The normalized spacial score (nSPS) is 33.5. The van der Waals surface area contributed by atoms with Gasteiger partial charge in [0.2, 0.25) is 5.91 Å². The zero-order chi connectivity index (χ0) is 15.0. The van der Waals surface area contributed by atoms with Gasteiger partial charge >= 0.3 is 0 Å². The summed E-state index contributed by atoms with van der Waals surface area (Å²) >= 11 is 0. The number of carbonyl (C=O) groups excluding carboxylic acids is 1. The highest BCUT2D eigenvalue weighted by Crippen LogP contribution is 2.35. The Morgan fingerprint density at radius 1 is 1.24 bits per heavy atom. The first-order valence-corrected chi connectivity index (χ1v) is 7.90. The van der Waals surface area contributed by atoms with Crippen LogP contribution in [0.25, 0.3) is 0 Å². The van der Waals surface area contributed by atoms with Gasteiger partial charge in [0.05, 0.1) is 6.04 Å². The van der Waals surface area contributed by atoms with Crippen molar-refractivity contribution in [1.82, 2.24) is 10.2 Å². The van der Waals surface area contributed by atoms with E-state index in [1.54, 1.807) is 12.1 Å². The molecule has 2 fully saturated rings. The van der Waals surface area contributed by atoms with Crippen molar-refractivity contribution in [2.24, 2.45) is 5.92 Å². The first-order chi connectivity index (χ1) is 10.1. The van der Waals surface area contributed by atoms with Crippen LogP contribution < -0.4 is 5.32 Å². The molecule has 3 nitrogen and oxygen atoms in total. The van der Waals surface area contributed by atoms with Crippen molar-refractivity contribution in [2.45, 2.75) is 57.8 Å². The third-order valence-electron chi connectivity index (χ3n) is 4.81.